The predicted octanol–water partition coefficient (Wildman–Crippen LogP) is 3.52. The molecular weight excluding hydrogens is 258 g/mol. The predicted molar refractivity (Wildman–Crippen MR) is 78.2 cm³/mol. The Morgan fingerprint density at radius 3 is 2.84 bits per heavy atom. The van der Waals surface area contributed by atoms with E-state index in [-0.39, 0.29) is 12.0 Å². The van der Waals surface area contributed by atoms with Crippen LogP contribution in [0.3, 0.4) is 0 Å². The molecule has 0 aromatic carbocycles. The fourth-order valence-electron chi connectivity index (χ4n) is 2.89. The Bertz CT molecular complexity index is 385. The van der Waals surface area contributed by atoms with Crippen LogP contribution in [-0.4, -0.2) is 19.1 Å². The minimum Gasteiger partial charge on any atom is -0.469 e. The van der Waals surface area contributed by atoms with Crippen LogP contribution in [0.4, 0.5) is 0 Å². The van der Waals surface area contributed by atoms with Crippen LogP contribution in [0.5, 0.6) is 0 Å². The van der Waals surface area contributed by atoms with Gasteiger partial charge in [-0.1, -0.05) is 18.9 Å². The van der Waals surface area contributed by atoms with Gasteiger partial charge in [-0.3, -0.25) is 4.79 Å². The molecular formula is C15H23NO2S. The molecule has 3 nitrogen and oxygen atoms in total. The molecule has 2 unspecified atom stereocenters. The van der Waals surface area contributed by atoms with Crippen LogP contribution < -0.4 is 5.32 Å². The van der Waals surface area contributed by atoms with Crippen LogP contribution in [-0.2, 0) is 9.53 Å². The van der Waals surface area contributed by atoms with E-state index in [9.17, 15) is 4.79 Å². The Hall–Kier alpha value is -0.870. The molecule has 1 saturated carbocycles. The fourth-order valence-corrected chi connectivity index (χ4v) is 3.68. The first-order chi connectivity index (χ1) is 9.20. The lowest BCUT2D eigenvalue weighted by Crippen LogP contribution is -2.36. The van der Waals surface area contributed by atoms with Crippen molar-refractivity contribution in [2.75, 3.05) is 7.11 Å². The summed E-state index contributed by atoms with van der Waals surface area (Å²) in [6, 6.07) is 4.67. The summed E-state index contributed by atoms with van der Waals surface area (Å²) in [4.78, 5) is 12.8. The van der Waals surface area contributed by atoms with E-state index < -0.39 is 0 Å². The molecule has 0 amide bonds. The summed E-state index contributed by atoms with van der Waals surface area (Å²) in [5.74, 6) is 0.602. The van der Waals surface area contributed by atoms with Gasteiger partial charge in [0.15, 0.2) is 0 Å². The number of ether oxygens (including phenoxy) is 1. The number of methoxy groups -OCH3 is 1. The smallest absolute Gasteiger partial charge is 0.307 e. The molecule has 0 bridgehead atoms. The molecule has 2 rings (SSSR count). The topological polar surface area (TPSA) is 38.3 Å². The van der Waals surface area contributed by atoms with Gasteiger partial charge in [-0.05, 0) is 37.1 Å². The number of carbonyl (C=O) groups is 1. The van der Waals surface area contributed by atoms with Crippen LogP contribution in [0, 0.1) is 5.92 Å². The van der Waals surface area contributed by atoms with E-state index in [0.29, 0.717) is 12.5 Å². The number of carbonyl (C=O) groups excluding carboxylic acids is 1. The van der Waals surface area contributed by atoms with E-state index in [0.717, 1.165) is 5.92 Å². The van der Waals surface area contributed by atoms with Crippen molar-refractivity contribution in [3.63, 3.8) is 0 Å². The number of nitrogens with one attached hydrogen (secondary N) is 1. The lowest BCUT2D eigenvalue weighted by molar-refractivity contribution is -0.141. The lowest BCUT2D eigenvalue weighted by Gasteiger charge is -2.26. The Balaban J connectivity index is 1.98. The summed E-state index contributed by atoms with van der Waals surface area (Å²) in [5, 5.41) is 5.69. The molecule has 1 aromatic heterocycles. The molecule has 2 atom stereocenters. The summed E-state index contributed by atoms with van der Waals surface area (Å²) in [5.41, 5.74) is 0. The number of hydrogen-bond acceptors (Lipinski definition) is 4. The molecule has 1 N–H and O–H groups in total. The van der Waals surface area contributed by atoms with Crippen LogP contribution in [0.2, 0.25) is 0 Å². The van der Waals surface area contributed by atoms with E-state index in [2.05, 4.69) is 23.7 Å². The molecule has 4 heteroatoms. The average molecular weight is 281 g/mol. The minimum absolute atomic E-state index is 0.0862. The molecule has 1 aliphatic rings. The fraction of sp³-hybridized carbons (Fsp3) is 0.667. The molecule has 0 saturated heterocycles. The highest BCUT2D eigenvalue weighted by molar-refractivity contribution is 7.10. The first-order valence-corrected chi connectivity index (χ1v) is 7.95. The number of hydrogen-bond donors (Lipinski definition) is 1. The van der Waals surface area contributed by atoms with Gasteiger partial charge in [0.1, 0.15) is 0 Å². The summed E-state index contributed by atoms with van der Waals surface area (Å²) in [7, 11) is 1.45. The molecule has 0 aliphatic heterocycles. The SMILES string of the molecule is COC(=O)CC(NC(C)C1CCCC1)c1cccs1. The van der Waals surface area contributed by atoms with Crippen molar-refractivity contribution in [1.82, 2.24) is 5.32 Å². The number of rotatable bonds is 6. The van der Waals surface area contributed by atoms with Crippen molar-refractivity contribution in [2.24, 2.45) is 5.92 Å². The van der Waals surface area contributed by atoms with E-state index in [1.807, 2.05) is 6.07 Å². The Kier molecular flexibility index (Phi) is 5.40. The first-order valence-electron chi connectivity index (χ1n) is 7.07. The van der Waals surface area contributed by atoms with E-state index >= 15 is 0 Å². The number of esters is 1. The van der Waals surface area contributed by atoms with Crippen LogP contribution in [0.1, 0.15) is 49.9 Å². The lowest BCUT2D eigenvalue weighted by atomic mass is 9.98. The van der Waals surface area contributed by atoms with Crippen LogP contribution in [0.25, 0.3) is 0 Å². The van der Waals surface area contributed by atoms with E-state index in [1.54, 1.807) is 11.3 Å². The third kappa shape index (κ3) is 4.05. The molecule has 0 spiro atoms. The quantitative estimate of drug-likeness (QED) is 0.811. The zero-order valence-corrected chi connectivity index (χ0v) is 12.5. The maximum atomic E-state index is 11.6. The Morgan fingerprint density at radius 2 is 2.26 bits per heavy atom. The summed E-state index contributed by atoms with van der Waals surface area (Å²) >= 11 is 1.70. The molecule has 1 aromatic rings. The van der Waals surface area contributed by atoms with Gasteiger partial charge in [-0.2, -0.15) is 0 Å². The van der Waals surface area contributed by atoms with Crippen molar-refractivity contribution < 1.29 is 9.53 Å². The van der Waals surface area contributed by atoms with Crippen molar-refractivity contribution in [3.05, 3.63) is 22.4 Å². The molecule has 1 aliphatic carbocycles. The monoisotopic (exact) mass is 281 g/mol. The van der Waals surface area contributed by atoms with Crippen molar-refractivity contribution >= 4 is 17.3 Å². The normalized spacial score (nSPS) is 19.3. The van der Waals surface area contributed by atoms with Gasteiger partial charge in [0.05, 0.1) is 19.6 Å². The molecule has 106 valence electrons. The molecule has 1 fully saturated rings. The maximum absolute atomic E-state index is 11.6. The Morgan fingerprint density at radius 1 is 1.53 bits per heavy atom. The van der Waals surface area contributed by atoms with E-state index in [1.165, 1.54) is 37.7 Å². The standard InChI is InChI=1S/C15H23NO2S/c1-11(12-6-3-4-7-12)16-13(10-15(17)18-2)14-8-5-9-19-14/h5,8-9,11-13,16H,3-4,6-7,10H2,1-2H3. The summed E-state index contributed by atoms with van der Waals surface area (Å²) in [6.07, 6.45) is 5.72. The van der Waals surface area contributed by atoms with Gasteiger partial charge in [0, 0.05) is 10.9 Å². The third-order valence-corrected chi connectivity index (χ3v) is 5.04. The van der Waals surface area contributed by atoms with Gasteiger partial charge >= 0.3 is 5.97 Å². The number of thiophene rings is 1. The second-order valence-corrected chi connectivity index (χ2v) is 6.33. The van der Waals surface area contributed by atoms with Gasteiger partial charge in [-0.15, -0.1) is 11.3 Å². The summed E-state index contributed by atoms with van der Waals surface area (Å²) < 4.78 is 4.81. The zero-order chi connectivity index (χ0) is 13.7. The Labute approximate surface area is 119 Å². The molecule has 0 radical (unpaired) electrons. The average Bonchev–Trinajstić information content (AvgIpc) is 3.10. The molecule has 1 heterocycles. The zero-order valence-electron chi connectivity index (χ0n) is 11.7. The molecule has 19 heavy (non-hydrogen) atoms. The van der Waals surface area contributed by atoms with Crippen molar-refractivity contribution in [3.8, 4) is 0 Å². The van der Waals surface area contributed by atoms with Crippen LogP contribution >= 0.6 is 11.3 Å². The van der Waals surface area contributed by atoms with Gasteiger partial charge in [0.25, 0.3) is 0 Å². The minimum atomic E-state index is -0.149. The maximum Gasteiger partial charge on any atom is 0.307 e. The van der Waals surface area contributed by atoms with Gasteiger partial charge < -0.3 is 10.1 Å². The van der Waals surface area contributed by atoms with Gasteiger partial charge in [-0.25, -0.2) is 0 Å². The largest absolute Gasteiger partial charge is 0.469 e. The van der Waals surface area contributed by atoms with Crippen molar-refractivity contribution in [2.45, 2.75) is 51.1 Å². The third-order valence-electron chi connectivity index (χ3n) is 4.06. The first kappa shape index (κ1) is 14.5. The van der Waals surface area contributed by atoms with Gasteiger partial charge in [0.2, 0.25) is 0 Å². The van der Waals surface area contributed by atoms with Crippen molar-refractivity contribution in [1.29, 1.82) is 0 Å². The highest BCUT2D eigenvalue weighted by atomic mass is 32.1. The highest BCUT2D eigenvalue weighted by Crippen LogP contribution is 2.30. The summed E-state index contributed by atoms with van der Waals surface area (Å²) in [6.45, 7) is 2.24. The second-order valence-electron chi connectivity index (χ2n) is 5.35. The van der Waals surface area contributed by atoms with Crippen LogP contribution in [0.15, 0.2) is 17.5 Å². The van der Waals surface area contributed by atoms with E-state index in [4.69, 9.17) is 4.74 Å². The highest BCUT2D eigenvalue weighted by Gasteiger charge is 2.25. The second kappa shape index (κ2) is 7.06.